The summed E-state index contributed by atoms with van der Waals surface area (Å²) in [6, 6.07) is 3.56. The molecule has 1 aromatic heterocycles. The standard InChI is InChI=1S/C16H23N3O3/c20-16-4-3-15(13-1-2-13)17-19(16)9-12-7-18(8-12)10-14-11-21-5-6-22-14/h3-4,12-14H,1-2,5-11H2. The summed E-state index contributed by atoms with van der Waals surface area (Å²) in [5.74, 6) is 1.11. The van der Waals surface area contributed by atoms with Crippen LogP contribution < -0.4 is 5.56 Å². The van der Waals surface area contributed by atoms with Crippen molar-refractivity contribution in [3.63, 3.8) is 0 Å². The number of ether oxygens (including phenoxy) is 2. The van der Waals surface area contributed by atoms with Crippen molar-refractivity contribution in [2.24, 2.45) is 5.92 Å². The van der Waals surface area contributed by atoms with Crippen LogP contribution in [0.4, 0.5) is 0 Å². The highest BCUT2D eigenvalue weighted by Crippen LogP contribution is 2.38. The lowest BCUT2D eigenvalue weighted by atomic mass is 9.99. The topological polar surface area (TPSA) is 56.6 Å². The molecular formula is C16H23N3O3. The van der Waals surface area contributed by atoms with Crippen molar-refractivity contribution in [3.05, 3.63) is 28.2 Å². The van der Waals surface area contributed by atoms with Crippen molar-refractivity contribution in [3.8, 4) is 0 Å². The fraction of sp³-hybridized carbons (Fsp3) is 0.750. The molecular weight excluding hydrogens is 282 g/mol. The molecule has 6 nitrogen and oxygen atoms in total. The molecule has 6 heteroatoms. The first-order valence-electron chi connectivity index (χ1n) is 8.28. The molecule has 2 saturated heterocycles. The largest absolute Gasteiger partial charge is 0.376 e. The van der Waals surface area contributed by atoms with Gasteiger partial charge in [0.05, 0.1) is 38.2 Å². The third-order valence-corrected chi connectivity index (χ3v) is 4.69. The Balaban J connectivity index is 1.28. The zero-order valence-electron chi connectivity index (χ0n) is 12.8. The van der Waals surface area contributed by atoms with E-state index in [2.05, 4.69) is 10.00 Å². The van der Waals surface area contributed by atoms with E-state index >= 15 is 0 Å². The van der Waals surface area contributed by atoms with Gasteiger partial charge in [-0.2, -0.15) is 5.10 Å². The van der Waals surface area contributed by atoms with Gasteiger partial charge in [-0.25, -0.2) is 4.68 Å². The Kier molecular flexibility index (Phi) is 3.98. The number of nitrogens with zero attached hydrogens (tertiary/aromatic N) is 3. The molecule has 0 N–H and O–H groups in total. The van der Waals surface area contributed by atoms with Gasteiger partial charge in [0.25, 0.3) is 5.56 Å². The Bertz CT molecular complexity index is 572. The predicted molar refractivity (Wildman–Crippen MR) is 81.0 cm³/mol. The van der Waals surface area contributed by atoms with Crippen molar-refractivity contribution in [1.82, 2.24) is 14.7 Å². The zero-order valence-corrected chi connectivity index (χ0v) is 12.8. The highest BCUT2D eigenvalue weighted by atomic mass is 16.6. The minimum Gasteiger partial charge on any atom is -0.376 e. The van der Waals surface area contributed by atoms with Crippen LogP contribution >= 0.6 is 0 Å². The summed E-state index contributed by atoms with van der Waals surface area (Å²) in [7, 11) is 0. The second-order valence-corrected chi connectivity index (χ2v) is 6.71. The van der Waals surface area contributed by atoms with E-state index in [0.29, 0.717) is 31.7 Å². The summed E-state index contributed by atoms with van der Waals surface area (Å²) in [6.45, 7) is 5.81. The number of aromatic nitrogens is 2. The predicted octanol–water partition coefficient (Wildman–Crippen LogP) is 0.468. The second kappa shape index (κ2) is 6.10. The van der Waals surface area contributed by atoms with E-state index in [-0.39, 0.29) is 11.7 Å². The smallest absolute Gasteiger partial charge is 0.266 e. The van der Waals surface area contributed by atoms with Crippen molar-refractivity contribution in [2.45, 2.75) is 31.4 Å². The van der Waals surface area contributed by atoms with Crippen LogP contribution in [-0.2, 0) is 16.0 Å². The monoisotopic (exact) mass is 305 g/mol. The minimum atomic E-state index is 0.0202. The Morgan fingerprint density at radius 2 is 2.05 bits per heavy atom. The van der Waals surface area contributed by atoms with Crippen molar-refractivity contribution < 1.29 is 9.47 Å². The molecule has 1 atom stereocenters. The molecule has 0 spiro atoms. The van der Waals surface area contributed by atoms with Gasteiger partial charge in [-0.1, -0.05) is 0 Å². The number of likely N-dealkylation sites (tertiary alicyclic amines) is 1. The maximum atomic E-state index is 11.9. The normalized spacial score (nSPS) is 26.8. The Morgan fingerprint density at radius 3 is 2.77 bits per heavy atom. The molecule has 1 unspecified atom stereocenters. The van der Waals surface area contributed by atoms with Crippen LogP contribution in [0.2, 0.25) is 0 Å². The third-order valence-electron chi connectivity index (χ3n) is 4.69. The SMILES string of the molecule is O=c1ccc(C2CC2)nn1CC1CN(CC2COCCO2)C1. The number of hydrogen-bond acceptors (Lipinski definition) is 5. The number of rotatable bonds is 5. The molecule has 4 rings (SSSR count). The molecule has 0 amide bonds. The molecule has 1 aromatic rings. The lowest BCUT2D eigenvalue weighted by Gasteiger charge is -2.41. The van der Waals surface area contributed by atoms with Crippen LogP contribution in [-0.4, -0.2) is 60.2 Å². The van der Waals surface area contributed by atoms with Gasteiger partial charge in [-0.3, -0.25) is 9.69 Å². The van der Waals surface area contributed by atoms with Gasteiger partial charge < -0.3 is 9.47 Å². The van der Waals surface area contributed by atoms with Crippen LogP contribution in [0.25, 0.3) is 0 Å². The molecule has 0 radical (unpaired) electrons. The first-order valence-corrected chi connectivity index (χ1v) is 8.28. The van der Waals surface area contributed by atoms with Crippen LogP contribution in [0.1, 0.15) is 24.5 Å². The van der Waals surface area contributed by atoms with Gasteiger partial charge >= 0.3 is 0 Å². The fourth-order valence-corrected chi connectivity index (χ4v) is 3.31. The molecule has 2 aliphatic heterocycles. The first kappa shape index (κ1) is 14.4. The molecule has 0 aromatic carbocycles. The molecule has 3 aliphatic rings. The molecule has 120 valence electrons. The summed E-state index contributed by atoms with van der Waals surface area (Å²) >= 11 is 0. The quantitative estimate of drug-likeness (QED) is 0.791. The summed E-state index contributed by atoms with van der Waals surface area (Å²) in [4.78, 5) is 14.3. The second-order valence-electron chi connectivity index (χ2n) is 6.71. The molecule has 1 saturated carbocycles. The Labute approximate surface area is 130 Å². The van der Waals surface area contributed by atoms with Crippen LogP contribution in [0, 0.1) is 5.92 Å². The van der Waals surface area contributed by atoms with Gasteiger partial charge in [0, 0.05) is 37.5 Å². The van der Waals surface area contributed by atoms with E-state index in [9.17, 15) is 4.79 Å². The van der Waals surface area contributed by atoms with Crippen LogP contribution in [0.15, 0.2) is 16.9 Å². The van der Waals surface area contributed by atoms with E-state index in [1.165, 1.54) is 12.8 Å². The van der Waals surface area contributed by atoms with Crippen molar-refractivity contribution >= 4 is 0 Å². The van der Waals surface area contributed by atoms with Crippen molar-refractivity contribution in [2.75, 3.05) is 39.5 Å². The van der Waals surface area contributed by atoms with Gasteiger partial charge in [-0.05, 0) is 18.9 Å². The van der Waals surface area contributed by atoms with Gasteiger partial charge in [0.15, 0.2) is 0 Å². The van der Waals surface area contributed by atoms with E-state index in [4.69, 9.17) is 9.47 Å². The van der Waals surface area contributed by atoms with E-state index < -0.39 is 0 Å². The molecule has 0 bridgehead atoms. The Hall–Kier alpha value is -1.24. The average Bonchev–Trinajstić information content (AvgIpc) is 3.33. The fourth-order valence-electron chi connectivity index (χ4n) is 3.31. The van der Waals surface area contributed by atoms with E-state index in [1.807, 2.05) is 6.07 Å². The van der Waals surface area contributed by atoms with E-state index in [0.717, 1.165) is 31.9 Å². The van der Waals surface area contributed by atoms with Gasteiger partial charge in [-0.15, -0.1) is 0 Å². The average molecular weight is 305 g/mol. The minimum absolute atomic E-state index is 0.0202. The summed E-state index contributed by atoms with van der Waals surface area (Å²) in [5.41, 5.74) is 1.11. The van der Waals surface area contributed by atoms with E-state index in [1.54, 1.807) is 10.7 Å². The maximum Gasteiger partial charge on any atom is 0.266 e. The summed E-state index contributed by atoms with van der Waals surface area (Å²) < 4.78 is 12.8. The highest BCUT2D eigenvalue weighted by molar-refractivity contribution is 5.12. The van der Waals surface area contributed by atoms with Crippen molar-refractivity contribution in [1.29, 1.82) is 0 Å². The first-order chi connectivity index (χ1) is 10.8. The lowest BCUT2D eigenvalue weighted by molar-refractivity contribution is -0.107. The lowest BCUT2D eigenvalue weighted by Crippen LogP contribution is -2.53. The summed E-state index contributed by atoms with van der Waals surface area (Å²) in [5, 5.41) is 4.54. The number of hydrogen-bond donors (Lipinski definition) is 0. The van der Waals surface area contributed by atoms with Gasteiger partial charge in [0.2, 0.25) is 0 Å². The molecule has 1 aliphatic carbocycles. The van der Waals surface area contributed by atoms with Gasteiger partial charge in [0.1, 0.15) is 0 Å². The maximum absolute atomic E-state index is 11.9. The van der Waals surface area contributed by atoms with Crippen LogP contribution in [0.3, 0.4) is 0 Å². The molecule has 3 heterocycles. The van der Waals surface area contributed by atoms with Crippen LogP contribution in [0.5, 0.6) is 0 Å². The third kappa shape index (κ3) is 3.24. The Morgan fingerprint density at radius 1 is 1.18 bits per heavy atom. The highest BCUT2D eigenvalue weighted by Gasteiger charge is 2.31. The molecule has 22 heavy (non-hydrogen) atoms. The zero-order chi connectivity index (χ0) is 14.9. The molecule has 3 fully saturated rings. The summed E-state index contributed by atoms with van der Waals surface area (Å²) in [6.07, 6.45) is 2.63.